The van der Waals surface area contributed by atoms with Crippen molar-refractivity contribution in [3.8, 4) is 22.5 Å². The second-order valence-electron chi connectivity index (χ2n) is 11.3. The second kappa shape index (κ2) is 9.85. The largest absolute Gasteiger partial charge is 0.330 e. The van der Waals surface area contributed by atoms with E-state index in [1.165, 1.54) is 0 Å². The van der Waals surface area contributed by atoms with Gasteiger partial charge in [-0.3, -0.25) is 14.3 Å². The van der Waals surface area contributed by atoms with Crippen molar-refractivity contribution in [2.24, 2.45) is 11.3 Å². The van der Waals surface area contributed by atoms with Gasteiger partial charge in [0.05, 0.1) is 0 Å². The van der Waals surface area contributed by atoms with Crippen LogP contribution in [-0.4, -0.2) is 39.7 Å². The molecule has 0 bridgehead atoms. The zero-order valence-corrected chi connectivity index (χ0v) is 22.3. The Morgan fingerprint density at radius 1 is 0.947 bits per heavy atom. The number of aromatic nitrogens is 8. The summed E-state index contributed by atoms with van der Waals surface area (Å²) in [6, 6.07) is 16.2. The van der Waals surface area contributed by atoms with Crippen molar-refractivity contribution in [3.63, 3.8) is 0 Å². The zero-order valence-electron chi connectivity index (χ0n) is 22.3. The number of aromatic amines is 2. The Bertz CT molecular complexity index is 1680. The van der Waals surface area contributed by atoms with Crippen LogP contribution in [0, 0.1) is 11.3 Å². The fourth-order valence-corrected chi connectivity index (χ4v) is 4.72. The minimum Gasteiger partial charge on any atom is -0.318 e. The maximum Gasteiger partial charge on any atom is 0.330 e. The van der Waals surface area contributed by atoms with Crippen molar-refractivity contribution in [2.45, 2.75) is 54.1 Å². The summed E-state index contributed by atoms with van der Waals surface area (Å²) in [5.41, 5.74) is 3.93. The highest BCUT2D eigenvalue weighted by Gasteiger charge is 2.23. The average Bonchev–Trinajstić information content (AvgIpc) is 3.50. The van der Waals surface area contributed by atoms with Gasteiger partial charge < -0.3 is 4.57 Å². The first-order valence-electron chi connectivity index (χ1n) is 12.8. The lowest BCUT2D eigenvalue weighted by molar-refractivity contribution is 0.394. The maximum atomic E-state index is 13.1. The molecule has 10 nitrogen and oxygen atoms in total. The minimum absolute atomic E-state index is 0.0573. The molecule has 3 heterocycles. The Hall–Kier alpha value is -4.34. The highest BCUT2D eigenvalue weighted by molar-refractivity contribution is 5.80. The van der Waals surface area contributed by atoms with Gasteiger partial charge in [-0.1, -0.05) is 83.1 Å². The molecule has 2 aromatic carbocycles. The van der Waals surface area contributed by atoms with Crippen LogP contribution in [0.3, 0.4) is 0 Å². The molecule has 2 N–H and O–H groups in total. The van der Waals surface area contributed by atoms with E-state index < -0.39 is 11.2 Å². The SMILES string of the molecule is CC(C)Cn1c(=O)[nH]c(=O)c2c1nc(CC(C)(C)C)n2Cc1ccc(-c2ccccc2-c2nnn[nH]2)cc1. The predicted octanol–water partition coefficient (Wildman–Crippen LogP) is 4.03. The van der Waals surface area contributed by atoms with Crippen molar-refractivity contribution in [1.29, 1.82) is 0 Å². The number of rotatable bonds is 7. The summed E-state index contributed by atoms with van der Waals surface area (Å²) in [4.78, 5) is 33.1. The monoisotopic (exact) mass is 512 g/mol. The number of hydrogen-bond acceptors (Lipinski definition) is 6. The van der Waals surface area contributed by atoms with Gasteiger partial charge >= 0.3 is 5.69 Å². The fourth-order valence-electron chi connectivity index (χ4n) is 4.72. The van der Waals surface area contributed by atoms with Gasteiger partial charge in [0.25, 0.3) is 5.56 Å². The number of imidazole rings is 1. The van der Waals surface area contributed by atoms with Crippen molar-refractivity contribution in [3.05, 3.63) is 80.8 Å². The molecule has 196 valence electrons. The Morgan fingerprint density at radius 2 is 1.66 bits per heavy atom. The number of fused-ring (bicyclic) bond motifs is 1. The van der Waals surface area contributed by atoms with Crippen LogP contribution in [0.5, 0.6) is 0 Å². The summed E-state index contributed by atoms with van der Waals surface area (Å²) >= 11 is 0. The van der Waals surface area contributed by atoms with E-state index in [2.05, 4.69) is 70.6 Å². The number of benzene rings is 2. The van der Waals surface area contributed by atoms with Gasteiger partial charge in [0.1, 0.15) is 5.82 Å². The molecule has 0 atom stereocenters. The van der Waals surface area contributed by atoms with Gasteiger partial charge in [0.15, 0.2) is 17.0 Å². The second-order valence-corrected chi connectivity index (χ2v) is 11.3. The molecule has 5 aromatic rings. The third-order valence-corrected chi connectivity index (χ3v) is 6.33. The van der Waals surface area contributed by atoms with E-state index in [0.717, 1.165) is 28.1 Å². The predicted molar refractivity (Wildman–Crippen MR) is 147 cm³/mol. The van der Waals surface area contributed by atoms with Crippen LogP contribution >= 0.6 is 0 Å². The van der Waals surface area contributed by atoms with Crippen molar-refractivity contribution >= 4 is 11.2 Å². The molecule has 0 spiro atoms. The molecule has 0 saturated heterocycles. The molecule has 0 unspecified atom stereocenters. The average molecular weight is 513 g/mol. The standard InChI is InChI=1S/C28H32N8O2/c1-17(2)15-36-25-23(26(37)30-27(36)38)35(22(29-25)14-28(3,4)5)16-18-10-12-19(13-11-18)20-8-6-7-9-21(20)24-31-33-34-32-24/h6-13,17H,14-16H2,1-5H3,(H,30,37,38)(H,31,32,33,34). The first-order valence-corrected chi connectivity index (χ1v) is 12.8. The van der Waals surface area contributed by atoms with Crippen LogP contribution in [0.2, 0.25) is 0 Å². The molecule has 0 aliphatic heterocycles. The molecule has 0 radical (unpaired) electrons. The molecule has 0 saturated carbocycles. The van der Waals surface area contributed by atoms with Crippen molar-refractivity contribution < 1.29 is 0 Å². The van der Waals surface area contributed by atoms with Crippen molar-refractivity contribution in [2.75, 3.05) is 0 Å². The summed E-state index contributed by atoms with van der Waals surface area (Å²) < 4.78 is 3.54. The lowest BCUT2D eigenvalue weighted by atomic mass is 9.92. The van der Waals surface area contributed by atoms with E-state index in [9.17, 15) is 9.59 Å². The van der Waals surface area contributed by atoms with Crippen LogP contribution in [-0.2, 0) is 19.5 Å². The molecule has 0 fully saturated rings. The molecule has 3 aromatic heterocycles. The van der Waals surface area contributed by atoms with E-state index in [1.807, 2.05) is 42.7 Å². The topological polar surface area (TPSA) is 127 Å². The van der Waals surface area contributed by atoms with E-state index in [0.29, 0.717) is 36.5 Å². The van der Waals surface area contributed by atoms with E-state index in [4.69, 9.17) is 4.98 Å². The van der Waals surface area contributed by atoms with Crippen LogP contribution in [0.4, 0.5) is 0 Å². The number of tetrazole rings is 1. The summed E-state index contributed by atoms with van der Waals surface area (Å²) in [6.07, 6.45) is 0.660. The Balaban J connectivity index is 1.57. The van der Waals surface area contributed by atoms with Gasteiger partial charge in [-0.15, -0.1) is 5.10 Å². The zero-order chi connectivity index (χ0) is 27.0. The summed E-state index contributed by atoms with van der Waals surface area (Å²) in [6.45, 7) is 11.4. The van der Waals surface area contributed by atoms with E-state index in [1.54, 1.807) is 4.57 Å². The number of hydrogen-bond donors (Lipinski definition) is 2. The summed E-state index contributed by atoms with van der Waals surface area (Å²) in [5.74, 6) is 1.61. The highest BCUT2D eigenvalue weighted by Crippen LogP contribution is 2.30. The smallest absolute Gasteiger partial charge is 0.318 e. The highest BCUT2D eigenvalue weighted by atomic mass is 16.2. The molecule has 0 aliphatic rings. The first kappa shape index (κ1) is 25.3. The van der Waals surface area contributed by atoms with Crippen LogP contribution in [0.25, 0.3) is 33.7 Å². The summed E-state index contributed by atoms with van der Waals surface area (Å²) in [5, 5.41) is 14.3. The molecule has 10 heteroatoms. The fraction of sp³-hybridized carbons (Fsp3) is 0.357. The lowest BCUT2D eigenvalue weighted by Crippen LogP contribution is -2.32. The van der Waals surface area contributed by atoms with Gasteiger partial charge in [-0.25, -0.2) is 14.9 Å². The molecular formula is C28H32N8O2. The molecule has 38 heavy (non-hydrogen) atoms. The van der Waals surface area contributed by atoms with Crippen LogP contribution < -0.4 is 11.2 Å². The summed E-state index contributed by atoms with van der Waals surface area (Å²) in [7, 11) is 0. The molecule has 0 amide bonds. The van der Waals surface area contributed by atoms with Crippen LogP contribution in [0.15, 0.2) is 58.1 Å². The van der Waals surface area contributed by atoms with Gasteiger partial charge in [-0.05, 0) is 38.5 Å². The Morgan fingerprint density at radius 3 is 2.29 bits per heavy atom. The maximum absolute atomic E-state index is 13.1. The Kier molecular flexibility index (Phi) is 6.56. The van der Waals surface area contributed by atoms with Gasteiger partial charge in [0.2, 0.25) is 0 Å². The minimum atomic E-state index is -0.423. The van der Waals surface area contributed by atoms with Gasteiger partial charge in [-0.2, -0.15) is 0 Å². The number of nitrogens with one attached hydrogen (secondary N) is 2. The Labute approximate surface area is 219 Å². The molecule has 5 rings (SSSR count). The third kappa shape index (κ3) is 5.06. The molecular weight excluding hydrogens is 480 g/mol. The third-order valence-electron chi connectivity index (χ3n) is 6.33. The number of nitrogens with zero attached hydrogens (tertiary/aromatic N) is 6. The normalized spacial score (nSPS) is 12.1. The van der Waals surface area contributed by atoms with Crippen LogP contribution in [0.1, 0.15) is 46.0 Å². The first-order chi connectivity index (χ1) is 18.1. The lowest BCUT2D eigenvalue weighted by Gasteiger charge is -2.18. The quantitative estimate of drug-likeness (QED) is 0.339. The van der Waals surface area contributed by atoms with Crippen molar-refractivity contribution in [1.82, 2.24) is 39.7 Å². The van der Waals surface area contributed by atoms with E-state index in [-0.39, 0.29) is 11.3 Å². The van der Waals surface area contributed by atoms with Gasteiger partial charge in [0, 0.05) is 25.1 Å². The van der Waals surface area contributed by atoms with E-state index >= 15 is 0 Å². The number of H-pyrrole nitrogens is 2. The molecule has 0 aliphatic carbocycles.